The number of benzene rings is 1. The molecule has 0 aliphatic carbocycles. The van der Waals surface area contributed by atoms with Crippen LogP contribution in [0.4, 0.5) is 4.39 Å². The molecular weight excluding hydrogens is 181 g/mol. The maximum absolute atomic E-state index is 13.4. The first kappa shape index (κ1) is 9.21. The molecule has 0 aliphatic rings. The Bertz CT molecular complexity index is 447. The molecule has 1 heterocycles. The first-order valence-corrected chi connectivity index (χ1v) is 4.61. The normalized spacial score (nSPS) is 13.4. The second-order valence-corrected chi connectivity index (χ2v) is 3.53. The molecule has 0 spiro atoms. The topological polar surface area (TPSA) is 36.0 Å². The number of hydrogen-bond donors (Lipinski definition) is 2. The summed E-state index contributed by atoms with van der Waals surface area (Å²) < 4.78 is 13.4. The smallest absolute Gasteiger partial charge is 0.132 e. The quantitative estimate of drug-likeness (QED) is 0.753. The summed E-state index contributed by atoms with van der Waals surface area (Å²) in [7, 11) is 0. The van der Waals surface area contributed by atoms with Gasteiger partial charge in [-0.05, 0) is 24.6 Å². The molecule has 1 unspecified atom stereocenters. The number of hydrogen-bond acceptors (Lipinski definition) is 1. The molecule has 0 amide bonds. The van der Waals surface area contributed by atoms with Gasteiger partial charge in [-0.15, -0.1) is 0 Å². The molecule has 0 radical (unpaired) electrons. The summed E-state index contributed by atoms with van der Waals surface area (Å²) in [5.74, 6) is -0.237. The number of aromatic nitrogens is 1. The Balaban J connectivity index is 2.55. The molecular formula is C11H12FNO. The Morgan fingerprint density at radius 1 is 1.50 bits per heavy atom. The molecule has 3 heteroatoms. The molecule has 2 rings (SSSR count). The Kier molecular flexibility index (Phi) is 2.25. The standard InChI is InChI=1S/C11H12FNO/c1-7(14)5-8-6-13-10-4-2-3-9(12)11(8)10/h2-4,6-7,13-14H,5H2,1H3. The van der Waals surface area contributed by atoms with Crippen molar-refractivity contribution >= 4 is 10.9 Å². The zero-order valence-corrected chi connectivity index (χ0v) is 7.92. The summed E-state index contributed by atoms with van der Waals surface area (Å²) >= 11 is 0. The van der Waals surface area contributed by atoms with Crippen LogP contribution in [0, 0.1) is 5.82 Å². The molecule has 74 valence electrons. The summed E-state index contributed by atoms with van der Waals surface area (Å²) in [6.45, 7) is 1.69. The van der Waals surface area contributed by atoms with Gasteiger partial charge in [0.05, 0.1) is 6.10 Å². The maximum Gasteiger partial charge on any atom is 0.132 e. The van der Waals surface area contributed by atoms with Gasteiger partial charge in [0.2, 0.25) is 0 Å². The SMILES string of the molecule is CC(O)Cc1c[nH]c2cccc(F)c12. The van der Waals surface area contributed by atoms with Crippen LogP contribution in [0.2, 0.25) is 0 Å². The first-order chi connectivity index (χ1) is 6.68. The highest BCUT2D eigenvalue weighted by Gasteiger charge is 2.09. The minimum Gasteiger partial charge on any atom is -0.393 e. The number of H-pyrrole nitrogens is 1. The van der Waals surface area contributed by atoms with Crippen molar-refractivity contribution in [3.63, 3.8) is 0 Å². The van der Waals surface area contributed by atoms with E-state index in [0.29, 0.717) is 11.8 Å². The minimum absolute atomic E-state index is 0.237. The zero-order valence-electron chi connectivity index (χ0n) is 7.92. The zero-order chi connectivity index (χ0) is 10.1. The lowest BCUT2D eigenvalue weighted by Gasteiger charge is -2.02. The maximum atomic E-state index is 13.4. The van der Waals surface area contributed by atoms with E-state index < -0.39 is 6.10 Å². The van der Waals surface area contributed by atoms with Gasteiger partial charge in [0.25, 0.3) is 0 Å². The highest BCUT2D eigenvalue weighted by atomic mass is 19.1. The predicted molar refractivity (Wildman–Crippen MR) is 53.6 cm³/mol. The van der Waals surface area contributed by atoms with E-state index in [-0.39, 0.29) is 5.82 Å². The van der Waals surface area contributed by atoms with Crippen LogP contribution in [-0.2, 0) is 6.42 Å². The van der Waals surface area contributed by atoms with Crippen molar-refractivity contribution in [3.8, 4) is 0 Å². The largest absolute Gasteiger partial charge is 0.393 e. The van der Waals surface area contributed by atoms with E-state index in [4.69, 9.17) is 0 Å². The van der Waals surface area contributed by atoms with Gasteiger partial charge in [-0.2, -0.15) is 0 Å². The molecule has 0 aliphatic heterocycles. The van der Waals surface area contributed by atoms with Gasteiger partial charge < -0.3 is 10.1 Å². The average molecular weight is 193 g/mol. The van der Waals surface area contributed by atoms with Gasteiger partial charge in [-0.3, -0.25) is 0 Å². The van der Waals surface area contributed by atoms with E-state index in [0.717, 1.165) is 11.1 Å². The predicted octanol–water partition coefficient (Wildman–Crippen LogP) is 2.23. The highest BCUT2D eigenvalue weighted by molar-refractivity contribution is 5.83. The van der Waals surface area contributed by atoms with Crippen LogP contribution in [-0.4, -0.2) is 16.2 Å². The molecule has 0 saturated carbocycles. The van der Waals surface area contributed by atoms with E-state index in [2.05, 4.69) is 4.98 Å². The van der Waals surface area contributed by atoms with Gasteiger partial charge in [0.15, 0.2) is 0 Å². The van der Waals surface area contributed by atoms with Gasteiger partial charge in [0.1, 0.15) is 5.82 Å². The number of aliphatic hydroxyl groups is 1. The van der Waals surface area contributed by atoms with Crippen molar-refractivity contribution in [1.82, 2.24) is 4.98 Å². The molecule has 0 bridgehead atoms. The monoisotopic (exact) mass is 193 g/mol. The molecule has 1 aromatic heterocycles. The fraction of sp³-hybridized carbons (Fsp3) is 0.273. The summed E-state index contributed by atoms with van der Waals surface area (Å²) in [6, 6.07) is 4.92. The summed E-state index contributed by atoms with van der Waals surface area (Å²) in [5, 5.41) is 9.83. The van der Waals surface area contributed by atoms with Crippen molar-refractivity contribution < 1.29 is 9.50 Å². The van der Waals surface area contributed by atoms with Crippen LogP contribution >= 0.6 is 0 Å². The van der Waals surface area contributed by atoms with Crippen LogP contribution in [0.15, 0.2) is 24.4 Å². The van der Waals surface area contributed by atoms with Crippen molar-refractivity contribution in [3.05, 3.63) is 35.8 Å². The lowest BCUT2D eigenvalue weighted by molar-refractivity contribution is 0.196. The lowest BCUT2D eigenvalue weighted by atomic mass is 10.1. The van der Waals surface area contributed by atoms with Crippen molar-refractivity contribution in [2.24, 2.45) is 0 Å². The third kappa shape index (κ3) is 1.51. The minimum atomic E-state index is -0.450. The molecule has 2 aromatic rings. The van der Waals surface area contributed by atoms with Crippen LogP contribution < -0.4 is 0 Å². The fourth-order valence-corrected chi connectivity index (χ4v) is 1.69. The average Bonchev–Trinajstić information content (AvgIpc) is 2.49. The van der Waals surface area contributed by atoms with E-state index in [1.54, 1.807) is 19.2 Å². The molecule has 2 nitrogen and oxygen atoms in total. The second kappa shape index (κ2) is 3.42. The van der Waals surface area contributed by atoms with Gasteiger partial charge in [-0.25, -0.2) is 4.39 Å². The first-order valence-electron chi connectivity index (χ1n) is 4.61. The molecule has 14 heavy (non-hydrogen) atoms. The summed E-state index contributed by atoms with van der Waals surface area (Å²) in [4.78, 5) is 2.98. The Labute approximate surface area is 81.4 Å². The third-order valence-corrected chi connectivity index (χ3v) is 2.25. The third-order valence-electron chi connectivity index (χ3n) is 2.25. The van der Waals surface area contributed by atoms with Crippen LogP contribution in [0.25, 0.3) is 10.9 Å². The van der Waals surface area contributed by atoms with Crippen molar-refractivity contribution in [1.29, 1.82) is 0 Å². The van der Waals surface area contributed by atoms with Crippen LogP contribution in [0.3, 0.4) is 0 Å². The van der Waals surface area contributed by atoms with Crippen molar-refractivity contribution in [2.75, 3.05) is 0 Å². The number of aliphatic hydroxyl groups excluding tert-OH is 1. The van der Waals surface area contributed by atoms with E-state index in [1.165, 1.54) is 6.07 Å². The van der Waals surface area contributed by atoms with Gasteiger partial charge in [0, 0.05) is 23.5 Å². The number of aromatic amines is 1. The van der Waals surface area contributed by atoms with Gasteiger partial charge in [-0.1, -0.05) is 6.07 Å². The molecule has 2 N–H and O–H groups in total. The van der Waals surface area contributed by atoms with E-state index >= 15 is 0 Å². The Hall–Kier alpha value is -1.35. The number of halogens is 1. The fourth-order valence-electron chi connectivity index (χ4n) is 1.69. The Morgan fingerprint density at radius 3 is 3.00 bits per heavy atom. The van der Waals surface area contributed by atoms with Crippen LogP contribution in [0.1, 0.15) is 12.5 Å². The van der Waals surface area contributed by atoms with E-state index in [9.17, 15) is 9.50 Å². The second-order valence-electron chi connectivity index (χ2n) is 3.53. The summed E-state index contributed by atoms with van der Waals surface area (Å²) in [6.07, 6.45) is 1.77. The van der Waals surface area contributed by atoms with E-state index in [1.807, 2.05) is 6.07 Å². The number of nitrogens with one attached hydrogen (secondary N) is 1. The summed E-state index contributed by atoms with van der Waals surface area (Å²) in [5.41, 5.74) is 1.61. The highest BCUT2D eigenvalue weighted by Crippen LogP contribution is 2.22. The lowest BCUT2D eigenvalue weighted by Crippen LogP contribution is -2.03. The Morgan fingerprint density at radius 2 is 2.29 bits per heavy atom. The number of rotatable bonds is 2. The van der Waals surface area contributed by atoms with Crippen LogP contribution in [0.5, 0.6) is 0 Å². The molecule has 1 aromatic carbocycles. The van der Waals surface area contributed by atoms with Gasteiger partial charge >= 0.3 is 0 Å². The number of fused-ring (bicyclic) bond motifs is 1. The molecule has 0 saturated heterocycles. The molecule has 0 fully saturated rings. The molecule has 1 atom stereocenters. The van der Waals surface area contributed by atoms with Crippen molar-refractivity contribution in [2.45, 2.75) is 19.4 Å².